The molecule has 3 rings (SSSR count). The zero-order valence-electron chi connectivity index (χ0n) is 12.6. The lowest BCUT2D eigenvalue weighted by Crippen LogP contribution is -2.39. The maximum Gasteiger partial charge on any atom is 0.162 e. The molecule has 0 saturated carbocycles. The molecule has 21 heavy (non-hydrogen) atoms. The molecule has 2 aliphatic rings. The molecular formula is C16H22ClNO3. The van der Waals surface area contributed by atoms with Gasteiger partial charge in [0.2, 0.25) is 0 Å². The first-order chi connectivity index (χ1) is 10.1. The molecule has 0 aromatic heterocycles. The largest absolute Gasteiger partial charge is 0.490 e. The Kier molecular flexibility index (Phi) is 4.29. The molecular weight excluding hydrogens is 290 g/mol. The summed E-state index contributed by atoms with van der Waals surface area (Å²) >= 11 is 6.50. The third kappa shape index (κ3) is 2.85. The van der Waals surface area contributed by atoms with E-state index >= 15 is 0 Å². The van der Waals surface area contributed by atoms with Crippen LogP contribution in [-0.2, 0) is 4.74 Å². The SMILES string of the molecule is CNC(c1cc2c(cc1Cl)OCCCO2)C1(C)CCCO1. The molecule has 0 amide bonds. The van der Waals surface area contributed by atoms with Gasteiger partial charge in [0.05, 0.1) is 24.9 Å². The summed E-state index contributed by atoms with van der Waals surface area (Å²) in [5.41, 5.74) is 0.769. The molecule has 0 radical (unpaired) electrons. The summed E-state index contributed by atoms with van der Waals surface area (Å²) in [5, 5.41) is 4.05. The molecule has 1 aromatic rings. The topological polar surface area (TPSA) is 39.7 Å². The fourth-order valence-corrected chi connectivity index (χ4v) is 3.50. The quantitative estimate of drug-likeness (QED) is 0.929. The third-order valence-electron chi connectivity index (χ3n) is 4.33. The van der Waals surface area contributed by atoms with Crippen LogP contribution in [0.3, 0.4) is 0 Å². The van der Waals surface area contributed by atoms with Crippen molar-refractivity contribution in [1.82, 2.24) is 5.32 Å². The number of likely N-dealkylation sites (N-methyl/N-ethyl adjacent to an activating group) is 1. The highest BCUT2D eigenvalue weighted by Gasteiger charge is 2.39. The average molecular weight is 312 g/mol. The summed E-state index contributed by atoms with van der Waals surface area (Å²) in [6.07, 6.45) is 2.98. The van der Waals surface area contributed by atoms with Crippen LogP contribution < -0.4 is 14.8 Å². The summed E-state index contributed by atoms with van der Waals surface area (Å²) in [6.45, 7) is 4.28. The molecule has 2 atom stereocenters. The number of hydrogen-bond acceptors (Lipinski definition) is 4. The normalized spacial score (nSPS) is 26.4. The second kappa shape index (κ2) is 6.03. The zero-order valence-corrected chi connectivity index (χ0v) is 13.3. The Balaban J connectivity index is 1.98. The molecule has 1 aromatic carbocycles. The van der Waals surface area contributed by atoms with Crippen LogP contribution in [0, 0.1) is 0 Å². The van der Waals surface area contributed by atoms with E-state index in [0.717, 1.165) is 42.9 Å². The summed E-state index contributed by atoms with van der Waals surface area (Å²) < 4.78 is 17.4. The minimum absolute atomic E-state index is 0.0321. The Morgan fingerprint density at radius 2 is 1.86 bits per heavy atom. The van der Waals surface area contributed by atoms with E-state index in [4.69, 9.17) is 25.8 Å². The summed E-state index contributed by atoms with van der Waals surface area (Å²) in [7, 11) is 1.94. The first kappa shape index (κ1) is 14.9. The van der Waals surface area contributed by atoms with Gasteiger partial charge in [-0.15, -0.1) is 0 Å². The molecule has 1 saturated heterocycles. The van der Waals surface area contributed by atoms with Gasteiger partial charge in [-0.3, -0.25) is 0 Å². The second-order valence-electron chi connectivity index (χ2n) is 5.86. The van der Waals surface area contributed by atoms with Crippen molar-refractivity contribution in [3.8, 4) is 11.5 Å². The molecule has 4 nitrogen and oxygen atoms in total. The second-order valence-corrected chi connectivity index (χ2v) is 6.26. The van der Waals surface area contributed by atoms with Crippen LogP contribution in [0.15, 0.2) is 12.1 Å². The lowest BCUT2D eigenvalue weighted by Gasteiger charge is -2.34. The number of fused-ring (bicyclic) bond motifs is 1. The van der Waals surface area contributed by atoms with E-state index in [9.17, 15) is 0 Å². The number of halogens is 1. The van der Waals surface area contributed by atoms with Crippen molar-refractivity contribution in [2.75, 3.05) is 26.9 Å². The van der Waals surface area contributed by atoms with Gasteiger partial charge < -0.3 is 19.5 Å². The lowest BCUT2D eigenvalue weighted by molar-refractivity contribution is -0.0105. The monoisotopic (exact) mass is 311 g/mol. The molecule has 0 bridgehead atoms. The molecule has 116 valence electrons. The van der Waals surface area contributed by atoms with Gasteiger partial charge in [-0.25, -0.2) is 0 Å². The van der Waals surface area contributed by atoms with Gasteiger partial charge in [-0.05, 0) is 38.4 Å². The first-order valence-corrected chi connectivity index (χ1v) is 7.92. The highest BCUT2D eigenvalue weighted by molar-refractivity contribution is 6.31. The highest BCUT2D eigenvalue weighted by atomic mass is 35.5. The molecule has 5 heteroatoms. The van der Waals surface area contributed by atoms with E-state index in [0.29, 0.717) is 18.2 Å². The van der Waals surface area contributed by atoms with Crippen LogP contribution in [0.25, 0.3) is 0 Å². The van der Waals surface area contributed by atoms with Gasteiger partial charge >= 0.3 is 0 Å². The van der Waals surface area contributed by atoms with E-state index in [1.165, 1.54) is 0 Å². The summed E-state index contributed by atoms with van der Waals surface area (Å²) in [4.78, 5) is 0. The van der Waals surface area contributed by atoms with E-state index in [1.54, 1.807) is 0 Å². The molecule has 0 aliphatic carbocycles. The van der Waals surface area contributed by atoms with Crippen LogP contribution in [0.5, 0.6) is 11.5 Å². The Labute approximate surface area is 130 Å². The van der Waals surface area contributed by atoms with E-state index < -0.39 is 0 Å². The highest BCUT2D eigenvalue weighted by Crippen LogP contribution is 2.43. The van der Waals surface area contributed by atoms with Crippen LogP contribution in [0.1, 0.15) is 37.8 Å². The maximum atomic E-state index is 6.50. The van der Waals surface area contributed by atoms with Gasteiger partial charge in [0.25, 0.3) is 0 Å². The molecule has 2 unspecified atom stereocenters. The molecule has 2 heterocycles. The number of ether oxygens (including phenoxy) is 3. The molecule has 1 N–H and O–H groups in total. The Morgan fingerprint density at radius 1 is 1.14 bits per heavy atom. The van der Waals surface area contributed by atoms with Gasteiger partial charge in [0, 0.05) is 24.1 Å². The maximum absolute atomic E-state index is 6.50. The standard InChI is InChI=1S/C16H22ClNO3/c1-16(5-3-8-21-16)15(18-2)11-9-13-14(10-12(11)17)20-7-4-6-19-13/h9-10,15,18H,3-8H2,1-2H3. The average Bonchev–Trinajstić information content (AvgIpc) is 2.77. The summed E-state index contributed by atoms with van der Waals surface area (Å²) in [6, 6.07) is 3.89. The van der Waals surface area contributed by atoms with Crippen LogP contribution in [-0.4, -0.2) is 32.5 Å². The van der Waals surface area contributed by atoms with Crippen LogP contribution in [0.2, 0.25) is 5.02 Å². The number of nitrogens with one attached hydrogen (secondary N) is 1. The third-order valence-corrected chi connectivity index (χ3v) is 4.65. The van der Waals surface area contributed by atoms with Crippen LogP contribution >= 0.6 is 11.6 Å². The Morgan fingerprint density at radius 3 is 2.48 bits per heavy atom. The number of hydrogen-bond donors (Lipinski definition) is 1. The smallest absolute Gasteiger partial charge is 0.162 e. The predicted octanol–water partition coefficient (Wildman–Crippen LogP) is 3.33. The van der Waals surface area contributed by atoms with Crippen molar-refractivity contribution >= 4 is 11.6 Å². The van der Waals surface area contributed by atoms with Gasteiger partial charge in [0.15, 0.2) is 11.5 Å². The van der Waals surface area contributed by atoms with Crippen molar-refractivity contribution in [3.05, 3.63) is 22.7 Å². The van der Waals surface area contributed by atoms with Gasteiger partial charge in [-0.1, -0.05) is 11.6 Å². The van der Waals surface area contributed by atoms with Crippen molar-refractivity contribution in [3.63, 3.8) is 0 Å². The fraction of sp³-hybridized carbons (Fsp3) is 0.625. The zero-order chi connectivity index (χ0) is 14.9. The lowest BCUT2D eigenvalue weighted by atomic mass is 9.87. The van der Waals surface area contributed by atoms with Gasteiger partial charge in [-0.2, -0.15) is 0 Å². The van der Waals surface area contributed by atoms with Gasteiger partial charge in [0.1, 0.15) is 0 Å². The van der Waals surface area contributed by atoms with E-state index in [-0.39, 0.29) is 11.6 Å². The molecule has 2 aliphatic heterocycles. The minimum Gasteiger partial charge on any atom is -0.490 e. The van der Waals surface area contributed by atoms with Crippen molar-refractivity contribution < 1.29 is 14.2 Å². The van der Waals surface area contributed by atoms with Crippen molar-refractivity contribution in [2.24, 2.45) is 0 Å². The van der Waals surface area contributed by atoms with Crippen molar-refractivity contribution in [2.45, 2.75) is 37.8 Å². The van der Waals surface area contributed by atoms with E-state index in [2.05, 4.69) is 12.2 Å². The number of rotatable bonds is 3. The van der Waals surface area contributed by atoms with E-state index in [1.807, 2.05) is 19.2 Å². The molecule has 0 spiro atoms. The molecule has 1 fully saturated rings. The van der Waals surface area contributed by atoms with Crippen LogP contribution in [0.4, 0.5) is 0 Å². The fourth-order valence-electron chi connectivity index (χ4n) is 3.24. The first-order valence-electron chi connectivity index (χ1n) is 7.54. The Hall–Kier alpha value is -0.970. The Bertz CT molecular complexity index is 514. The minimum atomic E-state index is -0.238. The number of benzene rings is 1. The van der Waals surface area contributed by atoms with Crippen molar-refractivity contribution in [1.29, 1.82) is 0 Å². The summed E-state index contributed by atoms with van der Waals surface area (Å²) in [5.74, 6) is 1.50. The predicted molar refractivity (Wildman–Crippen MR) is 82.5 cm³/mol.